The van der Waals surface area contributed by atoms with Crippen molar-refractivity contribution in [1.82, 2.24) is 9.80 Å². The number of piperidine rings is 2. The maximum Gasteiger partial charge on any atom is 0.253 e. The third-order valence-corrected chi connectivity index (χ3v) is 12.1. The zero-order valence-corrected chi connectivity index (χ0v) is 32.7. The summed E-state index contributed by atoms with van der Waals surface area (Å²) >= 11 is 0. The van der Waals surface area contributed by atoms with Crippen LogP contribution in [-0.4, -0.2) is 47.8 Å². The molecule has 4 aromatic carbocycles. The SMILES string of the molecule is Cc1cc(-c2ccc(C(=O)N3CCC(CC(C)CC4CCN(C(=O)c5ccc(-c6cc(C)c(C)c(C)c6)cc5)CC4)CC3)cc2)cc(C)c1C.Cl. The highest BCUT2D eigenvalue weighted by Crippen LogP contribution is 2.33. The van der Waals surface area contributed by atoms with Crippen molar-refractivity contribution in [2.75, 3.05) is 26.2 Å². The summed E-state index contributed by atoms with van der Waals surface area (Å²) in [4.78, 5) is 30.8. The molecule has 4 aromatic rings. The highest BCUT2D eigenvalue weighted by atomic mass is 35.5. The number of rotatable bonds is 8. The van der Waals surface area contributed by atoms with Crippen molar-refractivity contribution >= 4 is 24.2 Å². The molecule has 0 radical (unpaired) electrons. The third kappa shape index (κ3) is 8.95. The third-order valence-electron chi connectivity index (χ3n) is 12.1. The number of benzene rings is 4. The molecule has 0 saturated carbocycles. The van der Waals surface area contributed by atoms with Crippen LogP contribution in [0.2, 0.25) is 0 Å². The van der Waals surface area contributed by atoms with Crippen molar-refractivity contribution in [2.24, 2.45) is 17.8 Å². The predicted octanol–water partition coefficient (Wildman–Crippen LogP) is 11.1. The first kappa shape index (κ1) is 38.3. The van der Waals surface area contributed by atoms with Gasteiger partial charge in [0.1, 0.15) is 0 Å². The van der Waals surface area contributed by atoms with E-state index >= 15 is 0 Å². The van der Waals surface area contributed by atoms with Gasteiger partial charge < -0.3 is 9.80 Å². The molecule has 2 amide bonds. The molecule has 6 rings (SSSR count). The summed E-state index contributed by atoms with van der Waals surface area (Å²) in [6.07, 6.45) is 6.82. The van der Waals surface area contributed by atoms with Gasteiger partial charge in [0.15, 0.2) is 0 Å². The Morgan fingerprint density at radius 1 is 0.529 bits per heavy atom. The van der Waals surface area contributed by atoms with Gasteiger partial charge in [0.2, 0.25) is 0 Å². The maximum atomic E-state index is 13.4. The van der Waals surface area contributed by atoms with Crippen LogP contribution in [0.1, 0.15) is 99.5 Å². The first-order valence-electron chi connectivity index (χ1n) is 18.9. The molecule has 0 unspecified atom stereocenters. The normalized spacial score (nSPS) is 15.6. The van der Waals surface area contributed by atoms with E-state index in [1.807, 2.05) is 24.3 Å². The Hall–Kier alpha value is -3.89. The Bertz CT molecular complexity index is 1650. The summed E-state index contributed by atoms with van der Waals surface area (Å²) in [5, 5.41) is 0. The molecular weight excluding hydrogens is 648 g/mol. The second kappa shape index (κ2) is 16.6. The first-order valence-corrected chi connectivity index (χ1v) is 18.9. The summed E-state index contributed by atoms with van der Waals surface area (Å²) in [7, 11) is 0. The molecule has 2 saturated heterocycles. The Labute approximate surface area is 313 Å². The second-order valence-electron chi connectivity index (χ2n) is 15.7. The van der Waals surface area contributed by atoms with Gasteiger partial charge in [-0.05, 0) is 178 Å². The van der Waals surface area contributed by atoms with Crippen LogP contribution in [0.4, 0.5) is 0 Å². The fraction of sp³-hybridized carbons (Fsp3) is 0.435. The van der Waals surface area contributed by atoms with Gasteiger partial charge in [0.25, 0.3) is 11.8 Å². The quantitative estimate of drug-likeness (QED) is 0.183. The molecule has 5 heteroatoms. The minimum atomic E-state index is 0. The Balaban J connectivity index is 0.00000504. The number of hydrogen-bond acceptors (Lipinski definition) is 2. The number of amides is 2. The second-order valence-corrected chi connectivity index (χ2v) is 15.7. The monoisotopic (exact) mass is 704 g/mol. The van der Waals surface area contributed by atoms with Gasteiger partial charge >= 0.3 is 0 Å². The number of likely N-dealkylation sites (tertiary alicyclic amines) is 2. The molecule has 2 aliphatic heterocycles. The zero-order chi connectivity index (χ0) is 35.5. The lowest BCUT2D eigenvalue weighted by Gasteiger charge is -2.35. The lowest BCUT2D eigenvalue weighted by Crippen LogP contribution is -2.39. The molecule has 2 fully saturated rings. The molecule has 0 aromatic heterocycles. The van der Waals surface area contributed by atoms with E-state index in [1.165, 1.54) is 57.3 Å². The van der Waals surface area contributed by atoms with Crippen molar-refractivity contribution in [3.05, 3.63) is 117 Å². The van der Waals surface area contributed by atoms with Crippen molar-refractivity contribution in [1.29, 1.82) is 0 Å². The van der Waals surface area contributed by atoms with Gasteiger partial charge in [-0.15, -0.1) is 12.4 Å². The van der Waals surface area contributed by atoms with Gasteiger partial charge in [-0.2, -0.15) is 0 Å². The highest BCUT2D eigenvalue weighted by molar-refractivity contribution is 5.95. The van der Waals surface area contributed by atoms with E-state index in [0.717, 1.165) is 74.1 Å². The number of halogens is 1. The number of hydrogen-bond donors (Lipinski definition) is 0. The Morgan fingerprint density at radius 3 is 1.12 bits per heavy atom. The van der Waals surface area contributed by atoms with E-state index in [-0.39, 0.29) is 24.2 Å². The minimum Gasteiger partial charge on any atom is -0.339 e. The van der Waals surface area contributed by atoms with Crippen LogP contribution in [0.25, 0.3) is 22.3 Å². The van der Waals surface area contributed by atoms with E-state index in [4.69, 9.17) is 0 Å². The van der Waals surface area contributed by atoms with Crippen molar-refractivity contribution in [3.63, 3.8) is 0 Å². The summed E-state index contributed by atoms with van der Waals surface area (Å²) in [6.45, 7) is 18.8. The Morgan fingerprint density at radius 2 is 0.824 bits per heavy atom. The molecule has 2 aliphatic rings. The molecule has 270 valence electrons. The highest BCUT2D eigenvalue weighted by Gasteiger charge is 2.28. The minimum absolute atomic E-state index is 0. The summed E-state index contributed by atoms with van der Waals surface area (Å²) in [5.41, 5.74) is 14.2. The summed E-state index contributed by atoms with van der Waals surface area (Å²) in [5.74, 6) is 2.35. The van der Waals surface area contributed by atoms with Gasteiger partial charge in [0, 0.05) is 37.3 Å². The number of aryl methyl sites for hydroxylation is 4. The molecule has 0 spiro atoms. The number of nitrogens with zero attached hydrogens (tertiary/aromatic N) is 2. The van der Waals surface area contributed by atoms with E-state index in [9.17, 15) is 9.59 Å². The number of carbonyl (C=O) groups is 2. The van der Waals surface area contributed by atoms with Crippen molar-refractivity contribution in [3.8, 4) is 22.3 Å². The van der Waals surface area contributed by atoms with Crippen LogP contribution >= 0.6 is 12.4 Å². The molecule has 0 bridgehead atoms. The van der Waals surface area contributed by atoms with Crippen LogP contribution in [0.5, 0.6) is 0 Å². The van der Waals surface area contributed by atoms with E-state index < -0.39 is 0 Å². The van der Waals surface area contributed by atoms with Crippen molar-refractivity contribution < 1.29 is 9.59 Å². The molecule has 51 heavy (non-hydrogen) atoms. The van der Waals surface area contributed by atoms with Gasteiger partial charge in [-0.1, -0.05) is 55.5 Å². The van der Waals surface area contributed by atoms with Gasteiger partial charge in [-0.25, -0.2) is 0 Å². The fourth-order valence-corrected chi connectivity index (χ4v) is 8.36. The number of carbonyl (C=O) groups excluding carboxylic acids is 2. The predicted molar refractivity (Wildman–Crippen MR) is 215 cm³/mol. The lowest BCUT2D eigenvalue weighted by molar-refractivity contribution is 0.0665. The summed E-state index contributed by atoms with van der Waals surface area (Å²) < 4.78 is 0. The van der Waals surface area contributed by atoms with E-state index in [2.05, 4.69) is 107 Å². The fourth-order valence-electron chi connectivity index (χ4n) is 8.36. The largest absolute Gasteiger partial charge is 0.339 e. The summed E-state index contributed by atoms with van der Waals surface area (Å²) in [6, 6.07) is 25.3. The Kier molecular flexibility index (Phi) is 12.5. The van der Waals surface area contributed by atoms with Crippen LogP contribution in [0.3, 0.4) is 0 Å². The molecule has 4 nitrogen and oxygen atoms in total. The molecule has 0 N–H and O–H groups in total. The average molecular weight is 705 g/mol. The van der Waals surface area contributed by atoms with E-state index in [0.29, 0.717) is 17.8 Å². The molecule has 0 atom stereocenters. The van der Waals surface area contributed by atoms with Gasteiger partial charge in [-0.3, -0.25) is 9.59 Å². The maximum absolute atomic E-state index is 13.4. The van der Waals surface area contributed by atoms with Gasteiger partial charge in [0.05, 0.1) is 0 Å². The van der Waals surface area contributed by atoms with Crippen LogP contribution in [0, 0.1) is 59.3 Å². The molecule has 0 aliphatic carbocycles. The standard InChI is InChI=1S/C46H56N2O2.ClH/c1-30(24-37-16-20-47(21-17-37)45(49)41-12-8-39(9-13-41)43-26-31(2)35(6)32(3)27-43)25-38-18-22-48(23-19-38)46(50)42-14-10-40(11-15-42)44-28-33(4)36(7)34(5)29-44;/h8-15,26-30,37-38H,16-25H2,1-7H3;1H. The lowest BCUT2D eigenvalue weighted by atomic mass is 9.81. The smallest absolute Gasteiger partial charge is 0.253 e. The van der Waals surface area contributed by atoms with Crippen LogP contribution < -0.4 is 0 Å². The molecule has 2 heterocycles. The topological polar surface area (TPSA) is 40.6 Å². The zero-order valence-electron chi connectivity index (χ0n) is 31.9. The van der Waals surface area contributed by atoms with Crippen LogP contribution in [-0.2, 0) is 0 Å². The van der Waals surface area contributed by atoms with E-state index in [1.54, 1.807) is 0 Å². The molecular formula is C46H57ClN2O2. The first-order chi connectivity index (χ1) is 24.0. The average Bonchev–Trinajstić information content (AvgIpc) is 3.12. The van der Waals surface area contributed by atoms with Crippen molar-refractivity contribution in [2.45, 2.75) is 87.0 Å². The van der Waals surface area contributed by atoms with Crippen LogP contribution in [0.15, 0.2) is 72.8 Å².